The summed E-state index contributed by atoms with van der Waals surface area (Å²) in [6.45, 7) is 2.01. The Morgan fingerprint density at radius 2 is 2.30 bits per heavy atom. The molecule has 0 bridgehead atoms. The predicted octanol–water partition coefficient (Wildman–Crippen LogP) is 4.27. The summed E-state index contributed by atoms with van der Waals surface area (Å²) in [7, 11) is 0. The fraction of sp³-hybridized carbons (Fsp3) is 0.143. The average Bonchev–Trinajstić information content (AvgIpc) is 2.34. The Kier molecular flexibility index (Phi) is 3.14. The summed E-state index contributed by atoms with van der Waals surface area (Å²) in [6, 6.07) is 0. The zero-order chi connectivity index (χ0) is 7.56. The first-order chi connectivity index (χ1) is 4.75. The highest BCUT2D eigenvalue weighted by Gasteiger charge is 2.01. The molecule has 0 radical (unpaired) electrons. The zero-order valence-electron chi connectivity index (χ0n) is 5.40. The topological polar surface area (TPSA) is 0 Å². The molecule has 0 N–H and O–H groups in total. The van der Waals surface area contributed by atoms with Crippen molar-refractivity contribution in [3.63, 3.8) is 0 Å². The Balaban J connectivity index is 3.05. The molecular formula is C7H6Br2S. The molecule has 0 spiro atoms. The van der Waals surface area contributed by atoms with Gasteiger partial charge in [0.05, 0.1) is 0 Å². The van der Waals surface area contributed by atoms with Crippen molar-refractivity contribution in [3.8, 4) is 0 Å². The van der Waals surface area contributed by atoms with Crippen molar-refractivity contribution < 1.29 is 0 Å². The SMILES string of the molecule is C/C=C(/Br)c1cscc1Br. The number of allylic oxidation sites excluding steroid dienone is 1. The van der Waals surface area contributed by atoms with E-state index in [1.807, 2.05) is 13.0 Å². The molecule has 0 aliphatic heterocycles. The fourth-order valence-electron chi connectivity index (χ4n) is 0.607. The molecule has 1 aromatic heterocycles. The van der Waals surface area contributed by atoms with Gasteiger partial charge in [-0.15, -0.1) is 0 Å². The van der Waals surface area contributed by atoms with Crippen molar-refractivity contribution in [2.75, 3.05) is 0 Å². The third-order valence-corrected chi connectivity index (χ3v) is 3.71. The van der Waals surface area contributed by atoms with Crippen molar-refractivity contribution in [3.05, 3.63) is 26.9 Å². The van der Waals surface area contributed by atoms with Crippen LogP contribution in [0.2, 0.25) is 0 Å². The molecule has 0 unspecified atom stereocenters. The van der Waals surface area contributed by atoms with Gasteiger partial charge in [0.25, 0.3) is 0 Å². The van der Waals surface area contributed by atoms with E-state index in [0.717, 1.165) is 8.96 Å². The molecule has 0 nitrogen and oxygen atoms in total. The van der Waals surface area contributed by atoms with Crippen LogP contribution in [-0.2, 0) is 0 Å². The lowest BCUT2D eigenvalue weighted by molar-refractivity contribution is 1.72. The van der Waals surface area contributed by atoms with E-state index in [-0.39, 0.29) is 0 Å². The third kappa shape index (κ3) is 1.71. The van der Waals surface area contributed by atoms with E-state index in [1.165, 1.54) is 5.56 Å². The molecule has 54 valence electrons. The van der Waals surface area contributed by atoms with Gasteiger partial charge in [-0.1, -0.05) is 22.0 Å². The first-order valence-electron chi connectivity index (χ1n) is 2.79. The van der Waals surface area contributed by atoms with E-state index in [2.05, 4.69) is 42.6 Å². The zero-order valence-corrected chi connectivity index (χ0v) is 9.38. The molecular weight excluding hydrogens is 276 g/mol. The van der Waals surface area contributed by atoms with E-state index in [4.69, 9.17) is 0 Å². The molecule has 0 aliphatic carbocycles. The third-order valence-electron chi connectivity index (χ3n) is 1.13. The van der Waals surface area contributed by atoms with Crippen LogP contribution in [0.1, 0.15) is 12.5 Å². The molecule has 0 amide bonds. The summed E-state index contributed by atoms with van der Waals surface area (Å²) >= 11 is 8.59. The summed E-state index contributed by atoms with van der Waals surface area (Å²) in [5, 5.41) is 4.17. The summed E-state index contributed by atoms with van der Waals surface area (Å²) < 4.78 is 2.29. The van der Waals surface area contributed by atoms with Crippen molar-refractivity contribution in [2.45, 2.75) is 6.92 Å². The molecule has 0 aliphatic rings. The standard InChI is InChI=1S/C7H6Br2S/c1-2-6(8)5-3-10-4-7(5)9/h2-4H,1H3/b6-2+. The first kappa shape index (κ1) is 8.50. The van der Waals surface area contributed by atoms with Crippen LogP contribution in [0.3, 0.4) is 0 Å². The number of hydrogen-bond acceptors (Lipinski definition) is 1. The van der Waals surface area contributed by atoms with Crippen LogP contribution < -0.4 is 0 Å². The van der Waals surface area contributed by atoms with Crippen LogP contribution in [0.5, 0.6) is 0 Å². The van der Waals surface area contributed by atoms with E-state index < -0.39 is 0 Å². The monoisotopic (exact) mass is 280 g/mol. The molecule has 0 saturated heterocycles. The molecule has 0 saturated carbocycles. The van der Waals surface area contributed by atoms with Gasteiger partial charge in [0.15, 0.2) is 0 Å². The predicted molar refractivity (Wildman–Crippen MR) is 54.6 cm³/mol. The molecule has 0 aromatic carbocycles. The van der Waals surface area contributed by atoms with Crippen LogP contribution >= 0.6 is 43.2 Å². The van der Waals surface area contributed by atoms with Crippen LogP contribution in [0, 0.1) is 0 Å². The molecule has 1 heterocycles. The highest BCUT2D eigenvalue weighted by Crippen LogP contribution is 2.31. The van der Waals surface area contributed by atoms with Gasteiger partial charge in [0, 0.05) is 25.3 Å². The Morgan fingerprint density at radius 1 is 1.60 bits per heavy atom. The van der Waals surface area contributed by atoms with Gasteiger partial charge in [-0.2, -0.15) is 11.3 Å². The lowest BCUT2D eigenvalue weighted by Gasteiger charge is -1.92. The van der Waals surface area contributed by atoms with Gasteiger partial charge in [0.2, 0.25) is 0 Å². The van der Waals surface area contributed by atoms with Gasteiger partial charge in [-0.3, -0.25) is 0 Å². The molecule has 0 atom stereocenters. The largest absolute Gasteiger partial charge is 0.151 e. The number of hydrogen-bond donors (Lipinski definition) is 0. The molecule has 3 heteroatoms. The summed E-state index contributed by atoms with van der Waals surface area (Å²) in [5.74, 6) is 0. The number of halogens is 2. The minimum absolute atomic E-state index is 1.14. The van der Waals surface area contributed by atoms with Crippen LogP contribution in [-0.4, -0.2) is 0 Å². The molecule has 1 aromatic rings. The highest BCUT2D eigenvalue weighted by molar-refractivity contribution is 9.15. The Labute approximate surface area is 81.2 Å². The normalized spacial score (nSPS) is 12.1. The lowest BCUT2D eigenvalue weighted by Crippen LogP contribution is -1.68. The second kappa shape index (κ2) is 3.69. The van der Waals surface area contributed by atoms with Gasteiger partial charge >= 0.3 is 0 Å². The smallest absolute Gasteiger partial charge is 0.0365 e. The quantitative estimate of drug-likeness (QED) is 0.721. The second-order valence-electron chi connectivity index (χ2n) is 1.77. The first-order valence-corrected chi connectivity index (χ1v) is 5.32. The van der Waals surface area contributed by atoms with Gasteiger partial charge < -0.3 is 0 Å². The van der Waals surface area contributed by atoms with E-state index in [0.29, 0.717) is 0 Å². The Hall–Kier alpha value is 0.400. The maximum Gasteiger partial charge on any atom is 0.0365 e. The fourth-order valence-corrected chi connectivity index (χ4v) is 2.86. The number of rotatable bonds is 1. The van der Waals surface area contributed by atoms with Crippen molar-refractivity contribution in [2.24, 2.45) is 0 Å². The molecule has 0 fully saturated rings. The van der Waals surface area contributed by atoms with Crippen molar-refractivity contribution >= 4 is 47.7 Å². The van der Waals surface area contributed by atoms with Crippen molar-refractivity contribution in [1.29, 1.82) is 0 Å². The minimum atomic E-state index is 1.14. The lowest BCUT2D eigenvalue weighted by atomic mass is 10.3. The second-order valence-corrected chi connectivity index (χ2v) is 4.22. The van der Waals surface area contributed by atoms with Crippen LogP contribution in [0.4, 0.5) is 0 Å². The molecule has 10 heavy (non-hydrogen) atoms. The number of thiophene rings is 1. The Bertz CT molecular complexity index is 250. The van der Waals surface area contributed by atoms with E-state index in [9.17, 15) is 0 Å². The highest BCUT2D eigenvalue weighted by atomic mass is 79.9. The van der Waals surface area contributed by atoms with E-state index in [1.54, 1.807) is 11.3 Å². The van der Waals surface area contributed by atoms with Gasteiger partial charge in [-0.05, 0) is 22.9 Å². The maximum absolute atomic E-state index is 3.45. The maximum atomic E-state index is 3.45. The summed E-state index contributed by atoms with van der Waals surface area (Å²) in [5.41, 5.74) is 1.23. The average molecular weight is 282 g/mol. The summed E-state index contributed by atoms with van der Waals surface area (Å²) in [4.78, 5) is 0. The van der Waals surface area contributed by atoms with Crippen molar-refractivity contribution in [1.82, 2.24) is 0 Å². The van der Waals surface area contributed by atoms with Gasteiger partial charge in [-0.25, -0.2) is 0 Å². The molecule has 1 rings (SSSR count). The Morgan fingerprint density at radius 3 is 2.70 bits per heavy atom. The minimum Gasteiger partial charge on any atom is -0.151 e. The van der Waals surface area contributed by atoms with E-state index >= 15 is 0 Å². The van der Waals surface area contributed by atoms with Gasteiger partial charge in [0.1, 0.15) is 0 Å². The van der Waals surface area contributed by atoms with Crippen LogP contribution in [0.25, 0.3) is 4.48 Å². The summed E-state index contributed by atoms with van der Waals surface area (Å²) in [6.07, 6.45) is 2.03. The van der Waals surface area contributed by atoms with Crippen LogP contribution in [0.15, 0.2) is 21.3 Å².